The van der Waals surface area contributed by atoms with Gasteiger partial charge in [0.15, 0.2) is 33.1 Å². The number of methoxy groups -OCH3 is 2. The number of imide groups is 1. The standard InChI is InChI=1S/C26H34NO11P/c1-4-23(39(30)31)24(38-27-25(28)19-7-5-6-8-20(19)26(27)29)18-9-10-21(36-16-34-13-11-32-2)22(15-18)37-17-35-14-12-33-3/h5-10,15,23-24,39H,4,11-14,16-17H2,1-3H3,(H,30,31). The van der Waals surface area contributed by atoms with Crippen LogP contribution in [0.1, 0.15) is 45.7 Å². The van der Waals surface area contributed by atoms with Crippen molar-refractivity contribution in [3.63, 3.8) is 0 Å². The van der Waals surface area contributed by atoms with Gasteiger partial charge in [-0.05, 0) is 36.2 Å². The molecule has 1 N–H and O–H groups in total. The number of hydroxylamine groups is 2. The topological polar surface area (TPSA) is 139 Å². The van der Waals surface area contributed by atoms with Gasteiger partial charge in [-0.1, -0.05) is 25.1 Å². The molecule has 0 aliphatic carbocycles. The van der Waals surface area contributed by atoms with Gasteiger partial charge < -0.3 is 33.3 Å². The number of carbonyl (C=O) groups excluding carboxylic acids is 2. The lowest BCUT2D eigenvalue weighted by molar-refractivity contribution is -0.135. The van der Waals surface area contributed by atoms with Crippen LogP contribution in [-0.2, 0) is 28.4 Å². The maximum absolute atomic E-state index is 13.0. The highest BCUT2D eigenvalue weighted by Crippen LogP contribution is 2.42. The highest BCUT2D eigenvalue weighted by molar-refractivity contribution is 7.39. The second-order valence-corrected chi connectivity index (χ2v) is 9.78. The molecule has 39 heavy (non-hydrogen) atoms. The van der Waals surface area contributed by atoms with Crippen molar-refractivity contribution >= 4 is 19.8 Å². The zero-order valence-electron chi connectivity index (χ0n) is 22.1. The lowest BCUT2D eigenvalue weighted by atomic mass is 10.0. The van der Waals surface area contributed by atoms with Crippen molar-refractivity contribution in [2.75, 3.05) is 54.2 Å². The van der Waals surface area contributed by atoms with Crippen molar-refractivity contribution in [3.8, 4) is 11.5 Å². The Labute approximate surface area is 227 Å². The first-order valence-corrected chi connectivity index (χ1v) is 13.8. The molecule has 1 aliphatic heterocycles. The molecule has 12 nitrogen and oxygen atoms in total. The zero-order chi connectivity index (χ0) is 28.2. The molecule has 1 heterocycles. The van der Waals surface area contributed by atoms with E-state index in [1.807, 2.05) is 0 Å². The van der Waals surface area contributed by atoms with E-state index in [9.17, 15) is 19.0 Å². The van der Waals surface area contributed by atoms with Gasteiger partial charge in [0.05, 0.1) is 43.2 Å². The number of rotatable bonds is 18. The molecule has 0 spiro atoms. The van der Waals surface area contributed by atoms with Gasteiger partial charge in [-0.15, -0.1) is 5.06 Å². The lowest BCUT2D eigenvalue weighted by Crippen LogP contribution is -2.34. The largest absolute Gasteiger partial charge is 0.464 e. The molecule has 0 radical (unpaired) electrons. The summed E-state index contributed by atoms with van der Waals surface area (Å²) in [5.41, 5.74) is -0.125. The predicted molar refractivity (Wildman–Crippen MR) is 139 cm³/mol. The van der Waals surface area contributed by atoms with E-state index in [0.29, 0.717) is 42.8 Å². The Balaban J connectivity index is 1.88. The average Bonchev–Trinajstić information content (AvgIpc) is 3.17. The molecule has 2 aromatic rings. The molecule has 0 saturated carbocycles. The summed E-state index contributed by atoms with van der Waals surface area (Å²) < 4.78 is 44.5. The van der Waals surface area contributed by atoms with Crippen LogP contribution >= 0.6 is 8.03 Å². The fourth-order valence-electron chi connectivity index (χ4n) is 3.81. The number of benzene rings is 2. The highest BCUT2D eigenvalue weighted by Gasteiger charge is 2.40. The minimum Gasteiger partial charge on any atom is -0.464 e. The van der Waals surface area contributed by atoms with Gasteiger partial charge in [0.25, 0.3) is 11.8 Å². The monoisotopic (exact) mass is 567 g/mol. The van der Waals surface area contributed by atoms with Gasteiger partial charge in [0.1, 0.15) is 6.10 Å². The van der Waals surface area contributed by atoms with E-state index < -0.39 is 31.6 Å². The van der Waals surface area contributed by atoms with Crippen LogP contribution in [-0.4, -0.2) is 81.7 Å². The van der Waals surface area contributed by atoms with Gasteiger partial charge in [-0.3, -0.25) is 19.0 Å². The van der Waals surface area contributed by atoms with E-state index in [-0.39, 0.29) is 36.9 Å². The summed E-state index contributed by atoms with van der Waals surface area (Å²) in [5, 5.41) is 0.644. The van der Waals surface area contributed by atoms with Crippen molar-refractivity contribution < 1.29 is 52.3 Å². The SMILES string of the molecule is CCC(C(ON1C(=O)c2ccccc2C1=O)c1ccc(OCOCCOC)c(OCOCCOC)c1)[PH](=O)O. The van der Waals surface area contributed by atoms with Gasteiger partial charge in [-0.2, -0.15) is 0 Å². The van der Waals surface area contributed by atoms with Crippen LogP contribution in [0, 0.1) is 0 Å². The Morgan fingerprint density at radius 1 is 0.846 bits per heavy atom. The Kier molecular flexibility index (Phi) is 12.3. The zero-order valence-corrected chi connectivity index (χ0v) is 23.1. The second kappa shape index (κ2) is 15.7. The van der Waals surface area contributed by atoms with Crippen LogP contribution in [0.4, 0.5) is 0 Å². The normalized spacial score (nSPS) is 15.2. The van der Waals surface area contributed by atoms with Crippen molar-refractivity contribution in [2.45, 2.75) is 25.1 Å². The third-order valence-corrected chi connectivity index (χ3v) is 7.20. The molecule has 3 unspecified atom stereocenters. The summed E-state index contributed by atoms with van der Waals surface area (Å²) in [6.45, 7) is 2.89. The van der Waals surface area contributed by atoms with E-state index in [4.69, 9.17) is 33.3 Å². The minimum absolute atomic E-state index is 0.0828. The molecule has 214 valence electrons. The smallest absolute Gasteiger partial charge is 0.285 e. The molecule has 2 aromatic carbocycles. The van der Waals surface area contributed by atoms with E-state index in [1.54, 1.807) is 51.5 Å². The van der Waals surface area contributed by atoms with Crippen LogP contribution in [0.15, 0.2) is 42.5 Å². The number of nitrogens with zero attached hydrogens (tertiary/aromatic N) is 1. The molecule has 0 bridgehead atoms. The molecular weight excluding hydrogens is 533 g/mol. The summed E-state index contributed by atoms with van der Waals surface area (Å²) in [7, 11) is -0.0413. The summed E-state index contributed by atoms with van der Waals surface area (Å²) in [6.07, 6.45) is -0.887. The molecule has 3 rings (SSSR count). The number of fused-ring (bicyclic) bond motifs is 1. The Morgan fingerprint density at radius 2 is 1.41 bits per heavy atom. The fraction of sp³-hybridized carbons (Fsp3) is 0.462. The molecule has 0 saturated heterocycles. The minimum atomic E-state index is -3.15. The molecule has 0 aromatic heterocycles. The summed E-state index contributed by atoms with van der Waals surface area (Å²) in [6, 6.07) is 11.1. The van der Waals surface area contributed by atoms with Crippen LogP contribution < -0.4 is 9.47 Å². The third-order valence-electron chi connectivity index (χ3n) is 5.85. The van der Waals surface area contributed by atoms with Crippen molar-refractivity contribution in [3.05, 3.63) is 59.2 Å². The van der Waals surface area contributed by atoms with E-state index in [0.717, 1.165) is 0 Å². The van der Waals surface area contributed by atoms with Crippen molar-refractivity contribution in [1.82, 2.24) is 5.06 Å². The molecule has 2 amide bonds. The number of hydrogen-bond donors (Lipinski definition) is 1. The summed E-state index contributed by atoms with van der Waals surface area (Å²) in [4.78, 5) is 41.9. The second-order valence-electron chi connectivity index (χ2n) is 8.36. The van der Waals surface area contributed by atoms with Gasteiger partial charge in [-0.25, -0.2) is 0 Å². The summed E-state index contributed by atoms with van der Waals surface area (Å²) in [5.74, 6) is -0.743. The average molecular weight is 568 g/mol. The van der Waals surface area contributed by atoms with Gasteiger partial charge in [0, 0.05) is 14.2 Å². The maximum Gasteiger partial charge on any atom is 0.285 e. The van der Waals surface area contributed by atoms with Gasteiger partial charge >= 0.3 is 0 Å². The number of ether oxygens (including phenoxy) is 6. The third kappa shape index (κ3) is 8.09. The molecule has 1 aliphatic rings. The van der Waals surface area contributed by atoms with Crippen LogP contribution in [0.25, 0.3) is 0 Å². The van der Waals surface area contributed by atoms with Crippen LogP contribution in [0.2, 0.25) is 0 Å². The lowest BCUT2D eigenvalue weighted by Gasteiger charge is -2.28. The predicted octanol–water partition coefficient (Wildman–Crippen LogP) is 3.20. The number of amides is 2. The van der Waals surface area contributed by atoms with E-state index in [1.165, 1.54) is 12.1 Å². The van der Waals surface area contributed by atoms with E-state index in [2.05, 4.69) is 0 Å². The summed E-state index contributed by atoms with van der Waals surface area (Å²) >= 11 is 0. The first kappa shape index (κ1) is 30.7. The number of hydrogen-bond acceptors (Lipinski definition) is 10. The quantitative estimate of drug-likeness (QED) is 0.123. The molecule has 13 heteroatoms. The van der Waals surface area contributed by atoms with Crippen LogP contribution in [0.3, 0.4) is 0 Å². The molecular formula is C26H34NO11P. The van der Waals surface area contributed by atoms with Crippen LogP contribution in [0.5, 0.6) is 11.5 Å². The molecule has 0 fully saturated rings. The Morgan fingerprint density at radius 3 is 1.92 bits per heavy atom. The van der Waals surface area contributed by atoms with Crippen molar-refractivity contribution in [2.24, 2.45) is 0 Å². The highest BCUT2D eigenvalue weighted by atomic mass is 31.1. The van der Waals surface area contributed by atoms with E-state index >= 15 is 0 Å². The first-order chi connectivity index (χ1) is 18.9. The van der Waals surface area contributed by atoms with Gasteiger partial charge in [0.2, 0.25) is 0 Å². The Hall–Kier alpha value is -2.83. The maximum atomic E-state index is 13.0. The fourth-order valence-corrected chi connectivity index (χ4v) is 4.67. The number of carbonyl (C=O) groups is 2. The first-order valence-electron chi connectivity index (χ1n) is 12.3. The Bertz CT molecular complexity index is 1090. The molecule has 3 atom stereocenters. The van der Waals surface area contributed by atoms with Crippen molar-refractivity contribution in [1.29, 1.82) is 0 Å².